The normalized spacial score (nSPS) is 10.3. The summed E-state index contributed by atoms with van der Waals surface area (Å²) in [6.07, 6.45) is 9.60. The van der Waals surface area contributed by atoms with Crippen LogP contribution in [0, 0.1) is 6.92 Å². The van der Waals surface area contributed by atoms with Crippen molar-refractivity contribution in [3.8, 4) is 5.75 Å². The Bertz CT molecular complexity index is 435. The van der Waals surface area contributed by atoms with Crippen LogP contribution in [-0.4, -0.2) is 12.9 Å². The second-order valence-electron chi connectivity index (χ2n) is 5.20. The molecule has 0 aliphatic rings. The van der Waals surface area contributed by atoms with Gasteiger partial charge in [-0.05, 0) is 43.0 Å². The molecule has 0 fully saturated rings. The number of ether oxygens (including phenoxy) is 1. The number of hydrogen-bond donors (Lipinski definition) is 0. The van der Waals surface area contributed by atoms with E-state index < -0.39 is 0 Å². The van der Waals surface area contributed by atoms with Crippen molar-refractivity contribution >= 4 is 6.29 Å². The molecule has 0 heterocycles. The van der Waals surface area contributed by atoms with Gasteiger partial charge in [-0.25, -0.2) is 0 Å². The highest BCUT2D eigenvalue weighted by molar-refractivity contribution is 5.76. The highest BCUT2D eigenvalue weighted by Gasteiger charge is 2.08. The predicted octanol–water partition coefficient (Wildman–Crippen LogP) is 4.89. The minimum absolute atomic E-state index is 0.703. The van der Waals surface area contributed by atoms with Crippen molar-refractivity contribution in [3.05, 3.63) is 41.5 Å². The fourth-order valence-corrected chi connectivity index (χ4v) is 2.34. The highest BCUT2D eigenvalue weighted by Crippen LogP contribution is 2.26. The zero-order valence-corrected chi connectivity index (χ0v) is 12.8. The number of aldehydes is 1. The van der Waals surface area contributed by atoms with Gasteiger partial charge in [-0.2, -0.15) is 0 Å². The van der Waals surface area contributed by atoms with Crippen LogP contribution in [0.4, 0.5) is 0 Å². The molecular formula is C18H26O2. The Morgan fingerprint density at radius 1 is 1.20 bits per heavy atom. The van der Waals surface area contributed by atoms with Gasteiger partial charge in [0.05, 0.1) is 6.61 Å². The van der Waals surface area contributed by atoms with Crippen molar-refractivity contribution in [1.82, 2.24) is 0 Å². The van der Waals surface area contributed by atoms with Crippen LogP contribution in [0.1, 0.15) is 60.5 Å². The Morgan fingerprint density at radius 2 is 1.95 bits per heavy atom. The maximum Gasteiger partial charge on any atom is 0.150 e. The van der Waals surface area contributed by atoms with Crippen LogP contribution in [-0.2, 0) is 6.42 Å². The van der Waals surface area contributed by atoms with Gasteiger partial charge in [0, 0.05) is 5.56 Å². The molecule has 0 amide bonds. The van der Waals surface area contributed by atoms with Crippen molar-refractivity contribution in [2.75, 3.05) is 6.61 Å². The van der Waals surface area contributed by atoms with Gasteiger partial charge in [-0.1, -0.05) is 38.7 Å². The van der Waals surface area contributed by atoms with Crippen molar-refractivity contribution in [2.24, 2.45) is 0 Å². The molecule has 0 saturated carbocycles. The van der Waals surface area contributed by atoms with E-state index in [0.717, 1.165) is 42.6 Å². The van der Waals surface area contributed by atoms with E-state index in [2.05, 4.69) is 13.5 Å². The third-order valence-electron chi connectivity index (χ3n) is 3.37. The zero-order chi connectivity index (χ0) is 14.8. The van der Waals surface area contributed by atoms with Gasteiger partial charge in [0.25, 0.3) is 0 Å². The summed E-state index contributed by atoms with van der Waals surface area (Å²) in [6, 6.07) is 3.78. The molecule has 0 aliphatic carbocycles. The zero-order valence-electron chi connectivity index (χ0n) is 12.8. The monoisotopic (exact) mass is 274 g/mol. The number of rotatable bonds is 10. The largest absolute Gasteiger partial charge is 0.493 e. The van der Waals surface area contributed by atoms with Crippen LogP contribution in [0.25, 0.3) is 0 Å². The SMILES string of the molecule is C=CCc1cc(C=O)cc(C)c1OCCCCCCC. The molecule has 20 heavy (non-hydrogen) atoms. The lowest BCUT2D eigenvalue weighted by molar-refractivity contribution is 0.112. The summed E-state index contributed by atoms with van der Waals surface area (Å²) in [6.45, 7) is 8.72. The van der Waals surface area contributed by atoms with Gasteiger partial charge in [0.1, 0.15) is 12.0 Å². The van der Waals surface area contributed by atoms with Crippen LogP contribution >= 0.6 is 0 Å². The number of aryl methyl sites for hydroxylation is 1. The minimum Gasteiger partial charge on any atom is -0.493 e. The maximum absolute atomic E-state index is 10.9. The van der Waals surface area contributed by atoms with E-state index in [1.807, 2.05) is 25.1 Å². The van der Waals surface area contributed by atoms with Gasteiger partial charge >= 0.3 is 0 Å². The molecule has 0 N–H and O–H groups in total. The Labute approximate surface area is 122 Å². The summed E-state index contributed by atoms with van der Waals surface area (Å²) >= 11 is 0. The lowest BCUT2D eigenvalue weighted by Gasteiger charge is -2.14. The average Bonchev–Trinajstić information content (AvgIpc) is 2.44. The lowest BCUT2D eigenvalue weighted by atomic mass is 10.0. The van der Waals surface area contributed by atoms with Gasteiger partial charge in [0.15, 0.2) is 0 Å². The molecule has 0 bridgehead atoms. The Kier molecular flexibility index (Phi) is 7.71. The van der Waals surface area contributed by atoms with Gasteiger partial charge in [-0.15, -0.1) is 6.58 Å². The van der Waals surface area contributed by atoms with Crippen molar-refractivity contribution < 1.29 is 9.53 Å². The third kappa shape index (κ3) is 5.20. The number of benzene rings is 1. The minimum atomic E-state index is 0.703. The molecular weight excluding hydrogens is 248 g/mol. The summed E-state index contributed by atoms with van der Waals surface area (Å²) in [5.41, 5.74) is 2.78. The first-order chi connectivity index (χ1) is 9.72. The molecule has 0 aliphatic heterocycles. The first-order valence-corrected chi connectivity index (χ1v) is 7.55. The van der Waals surface area contributed by atoms with E-state index in [-0.39, 0.29) is 0 Å². The first kappa shape index (κ1) is 16.5. The molecule has 0 radical (unpaired) electrons. The molecule has 0 atom stereocenters. The number of unbranched alkanes of at least 4 members (excludes halogenated alkanes) is 4. The van der Waals surface area contributed by atoms with E-state index in [1.54, 1.807) is 0 Å². The molecule has 0 aromatic heterocycles. The van der Waals surface area contributed by atoms with Crippen molar-refractivity contribution in [2.45, 2.75) is 52.4 Å². The predicted molar refractivity (Wildman–Crippen MR) is 84.7 cm³/mol. The molecule has 0 saturated heterocycles. The standard InChI is InChI=1S/C18H26O2/c1-4-6-7-8-9-11-20-18-15(3)12-16(14-19)13-17(18)10-5-2/h5,12-14H,2,4,6-11H2,1,3H3. The summed E-state index contributed by atoms with van der Waals surface area (Å²) in [7, 11) is 0. The van der Waals surface area contributed by atoms with Crippen molar-refractivity contribution in [3.63, 3.8) is 0 Å². The van der Waals surface area contributed by atoms with E-state index in [9.17, 15) is 4.79 Å². The molecule has 2 heteroatoms. The molecule has 2 nitrogen and oxygen atoms in total. The number of carbonyl (C=O) groups excluding carboxylic acids is 1. The van der Waals surface area contributed by atoms with Crippen LogP contribution < -0.4 is 4.74 Å². The quantitative estimate of drug-likeness (QED) is 0.345. The Hall–Kier alpha value is -1.57. The van der Waals surface area contributed by atoms with Crippen molar-refractivity contribution in [1.29, 1.82) is 0 Å². The number of allylic oxidation sites excluding steroid dienone is 1. The summed E-state index contributed by atoms with van der Waals surface area (Å²) in [5, 5.41) is 0. The molecule has 1 aromatic carbocycles. The fourth-order valence-electron chi connectivity index (χ4n) is 2.34. The van der Waals surface area contributed by atoms with Gasteiger partial charge in [-0.3, -0.25) is 4.79 Å². The van der Waals surface area contributed by atoms with E-state index in [0.29, 0.717) is 5.56 Å². The van der Waals surface area contributed by atoms with Crippen LogP contribution in [0.15, 0.2) is 24.8 Å². The maximum atomic E-state index is 10.9. The van der Waals surface area contributed by atoms with Gasteiger partial charge in [0.2, 0.25) is 0 Å². The first-order valence-electron chi connectivity index (χ1n) is 7.55. The highest BCUT2D eigenvalue weighted by atomic mass is 16.5. The molecule has 0 spiro atoms. The Morgan fingerprint density at radius 3 is 2.60 bits per heavy atom. The van der Waals surface area contributed by atoms with Crippen LogP contribution in [0.2, 0.25) is 0 Å². The second-order valence-corrected chi connectivity index (χ2v) is 5.20. The van der Waals surface area contributed by atoms with E-state index in [1.165, 1.54) is 25.7 Å². The smallest absolute Gasteiger partial charge is 0.150 e. The van der Waals surface area contributed by atoms with Crippen LogP contribution in [0.5, 0.6) is 5.75 Å². The van der Waals surface area contributed by atoms with Gasteiger partial charge < -0.3 is 4.74 Å². The number of carbonyl (C=O) groups is 1. The fraction of sp³-hybridized carbons (Fsp3) is 0.500. The average molecular weight is 274 g/mol. The summed E-state index contributed by atoms with van der Waals surface area (Å²) < 4.78 is 5.94. The molecule has 110 valence electrons. The molecule has 1 aromatic rings. The molecule has 1 rings (SSSR count). The number of hydrogen-bond acceptors (Lipinski definition) is 2. The van der Waals surface area contributed by atoms with E-state index in [4.69, 9.17) is 4.74 Å². The lowest BCUT2D eigenvalue weighted by Crippen LogP contribution is -2.03. The van der Waals surface area contributed by atoms with Crippen LogP contribution in [0.3, 0.4) is 0 Å². The summed E-state index contributed by atoms with van der Waals surface area (Å²) in [4.78, 5) is 10.9. The Balaban J connectivity index is 2.63. The summed E-state index contributed by atoms with van der Waals surface area (Å²) in [5.74, 6) is 0.922. The third-order valence-corrected chi connectivity index (χ3v) is 3.37. The molecule has 0 unspecified atom stereocenters. The van der Waals surface area contributed by atoms with E-state index >= 15 is 0 Å². The second kappa shape index (κ2) is 9.35. The topological polar surface area (TPSA) is 26.3 Å².